The Morgan fingerprint density at radius 2 is 1.83 bits per heavy atom. The van der Waals surface area contributed by atoms with E-state index in [1.807, 2.05) is 32.0 Å². The molecule has 29 heavy (non-hydrogen) atoms. The van der Waals surface area contributed by atoms with Crippen molar-refractivity contribution in [1.29, 1.82) is 0 Å². The molecule has 0 aliphatic carbocycles. The number of anilines is 1. The zero-order valence-corrected chi connectivity index (χ0v) is 17.4. The van der Waals surface area contributed by atoms with Gasteiger partial charge in [0.15, 0.2) is 4.96 Å². The minimum Gasteiger partial charge on any atom is -0.371 e. The number of aromatic nitrogens is 2. The monoisotopic (exact) mass is 407 g/mol. The summed E-state index contributed by atoms with van der Waals surface area (Å²) in [5.74, 6) is -0.296. The molecule has 5 rings (SSSR count). The molecule has 0 radical (unpaired) electrons. The molecule has 1 aliphatic heterocycles. The smallest absolute Gasteiger partial charge is 0.274 e. The third-order valence-corrected chi connectivity index (χ3v) is 6.81. The van der Waals surface area contributed by atoms with Gasteiger partial charge in [-0.1, -0.05) is 11.3 Å². The maximum Gasteiger partial charge on any atom is 0.274 e. The molecule has 2 aromatic heterocycles. The summed E-state index contributed by atoms with van der Waals surface area (Å²) in [5, 5.41) is 0. The van der Waals surface area contributed by atoms with Crippen molar-refractivity contribution in [3.8, 4) is 0 Å². The van der Waals surface area contributed by atoms with Gasteiger partial charge in [-0.05, 0) is 80.6 Å². The summed E-state index contributed by atoms with van der Waals surface area (Å²) in [6, 6.07) is 9.31. The fraction of sp³-hybridized carbons (Fsp3) is 0.304. The normalized spacial score (nSPS) is 15.7. The number of fused-ring (bicyclic) bond motifs is 3. The highest BCUT2D eigenvalue weighted by Gasteiger charge is 2.15. The van der Waals surface area contributed by atoms with E-state index in [0.717, 1.165) is 53.8 Å². The van der Waals surface area contributed by atoms with Gasteiger partial charge >= 0.3 is 0 Å². The largest absolute Gasteiger partial charge is 0.371 e. The number of aryl methyl sites for hydroxylation is 2. The van der Waals surface area contributed by atoms with Crippen LogP contribution in [-0.4, -0.2) is 22.5 Å². The summed E-state index contributed by atoms with van der Waals surface area (Å²) in [4.78, 5) is 20.5. The van der Waals surface area contributed by atoms with E-state index in [-0.39, 0.29) is 11.4 Å². The van der Waals surface area contributed by atoms with E-state index in [2.05, 4.69) is 9.88 Å². The predicted octanol–water partition coefficient (Wildman–Crippen LogP) is 4.20. The molecule has 0 atom stereocenters. The lowest BCUT2D eigenvalue weighted by Gasteiger charge is -2.28. The van der Waals surface area contributed by atoms with Gasteiger partial charge < -0.3 is 4.90 Å². The minimum atomic E-state index is -0.296. The molecule has 0 spiro atoms. The number of halogens is 1. The molecule has 1 aliphatic rings. The number of imidazole rings is 1. The topological polar surface area (TPSA) is 37.6 Å². The van der Waals surface area contributed by atoms with Crippen molar-refractivity contribution >= 4 is 39.1 Å². The van der Waals surface area contributed by atoms with Crippen molar-refractivity contribution in [2.75, 3.05) is 18.0 Å². The predicted molar refractivity (Wildman–Crippen MR) is 118 cm³/mol. The SMILES string of the molecule is Cc1cc2nc3s/c(=C\c4ccc(N5CCCCC5)cc4F)c(=O)n3c2cc1C. The highest BCUT2D eigenvalue weighted by molar-refractivity contribution is 7.15. The summed E-state index contributed by atoms with van der Waals surface area (Å²) in [5.41, 5.74) is 5.11. The first-order chi connectivity index (χ1) is 14.0. The van der Waals surface area contributed by atoms with Crippen molar-refractivity contribution in [2.45, 2.75) is 33.1 Å². The van der Waals surface area contributed by atoms with Gasteiger partial charge in [-0.2, -0.15) is 0 Å². The Labute approximate surface area is 171 Å². The van der Waals surface area contributed by atoms with Crippen LogP contribution in [0.2, 0.25) is 0 Å². The van der Waals surface area contributed by atoms with E-state index in [0.29, 0.717) is 15.1 Å². The Morgan fingerprint density at radius 1 is 1.07 bits per heavy atom. The fourth-order valence-electron chi connectivity index (χ4n) is 4.04. The molecule has 3 heterocycles. The maximum atomic E-state index is 14.8. The first kappa shape index (κ1) is 18.3. The van der Waals surface area contributed by atoms with Crippen molar-refractivity contribution in [1.82, 2.24) is 9.38 Å². The molecule has 4 nitrogen and oxygen atoms in total. The molecule has 0 amide bonds. The van der Waals surface area contributed by atoms with Crippen LogP contribution in [0.15, 0.2) is 35.1 Å². The average Bonchev–Trinajstić information content (AvgIpc) is 3.20. The molecule has 148 valence electrons. The fourth-order valence-corrected chi connectivity index (χ4v) is 5.02. The van der Waals surface area contributed by atoms with Gasteiger partial charge in [0.05, 0.1) is 15.6 Å². The zero-order valence-electron chi connectivity index (χ0n) is 16.5. The van der Waals surface area contributed by atoms with E-state index in [1.54, 1.807) is 22.6 Å². The third kappa shape index (κ3) is 3.12. The Bertz CT molecular complexity index is 1350. The highest BCUT2D eigenvalue weighted by Crippen LogP contribution is 2.23. The van der Waals surface area contributed by atoms with Crippen LogP contribution in [0.4, 0.5) is 10.1 Å². The Balaban J connectivity index is 1.59. The molecule has 0 bridgehead atoms. The van der Waals surface area contributed by atoms with Crippen molar-refractivity contribution in [3.63, 3.8) is 0 Å². The number of piperidine rings is 1. The van der Waals surface area contributed by atoms with Crippen molar-refractivity contribution < 1.29 is 4.39 Å². The van der Waals surface area contributed by atoms with Gasteiger partial charge in [0, 0.05) is 24.3 Å². The van der Waals surface area contributed by atoms with E-state index >= 15 is 0 Å². The number of hydrogen-bond donors (Lipinski definition) is 0. The summed E-state index contributed by atoms with van der Waals surface area (Å²) >= 11 is 1.30. The van der Waals surface area contributed by atoms with Crippen LogP contribution < -0.4 is 15.0 Å². The molecule has 1 fully saturated rings. The van der Waals surface area contributed by atoms with Gasteiger partial charge in [-0.15, -0.1) is 0 Å². The standard InChI is InChI=1S/C23H22FN3OS/c1-14-10-19-20(11-15(14)2)27-22(28)21(29-23(27)25-19)12-16-6-7-17(13-18(16)24)26-8-4-3-5-9-26/h6-7,10-13H,3-5,8-9H2,1-2H3/b21-12-. The van der Waals surface area contributed by atoms with Gasteiger partial charge in [0.2, 0.25) is 0 Å². The van der Waals surface area contributed by atoms with E-state index in [9.17, 15) is 9.18 Å². The number of hydrogen-bond acceptors (Lipinski definition) is 4. The van der Waals surface area contributed by atoms with Crippen LogP contribution in [0.25, 0.3) is 22.1 Å². The van der Waals surface area contributed by atoms with Gasteiger partial charge in [0.1, 0.15) is 5.82 Å². The number of thiazole rings is 1. The van der Waals surface area contributed by atoms with E-state index < -0.39 is 0 Å². The van der Waals surface area contributed by atoms with Crippen LogP contribution in [-0.2, 0) is 0 Å². The first-order valence-corrected chi connectivity index (χ1v) is 10.8. The van der Waals surface area contributed by atoms with Gasteiger partial charge in [-0.25, -0.2) is 13.8 Å². The lowest BCUT2D eigenvalue weighted by atomic mass is 10.1. The third-order valence-electron chi connectivity index (χ3n) is 5.85. The van der Waals surface area contributed by atoms with Crippen LogP contribution in [0.3, 0.4) is 0 Å². The second-order valence-corrected chi connectivity index (χ2v) is 8.83. The summed E-state index contributed by atoms with van der Waals surface area (Å²) in [7, 11) is 0. The zero-order chi connectivity index (χ0) is 20.1. The summed E-state index contributed by atoms with van der Waals surface area (Å²) in [6.07, 6.45) is 5.18. The molecule has 0 saturated carbocycles. The highest BCUT2D eigenvalue weighted by atomic mass is 32.1. The second-order valence-electron chi connectivity index (χ2n) is 7.82. The Kier molecular flexibility index (Phi) is 4.39. The number of nitrogens with zero attached hydrogens (tertiary/aromatic N) is 3. The molecule has 2 aromatic carbocycles. The summed E-state index contributed by atoms with van der Waals surface area (Å²) < 4.78 is 16.9. The first-order valence-electron chi connectivity index (χ1n) is 10.00. The molecular formula is C23H22FN3OS. The van der Waals surface area contributed by atoms with Crippen molar-refractivity contribution in [3.05, 3.63) is 67.7 Å². The van der Waals surface area contributed by atoms with Crippen LogP contribution >= 0.6 is 11.3 Å². The lowest BCUT2D eigenvalue weighted by molar-refractivity contribution is 0.574. The summed E-state index contributed by atoms with van der Waals surface area (Å²) in [6.45, 7) is 6.01. The van der Waals surface area contributed by atoms with Crippen molar-refractivity contribution in [2.24, 2.45) is 0 Å². The van der Waals surface area contributed by atoms with Crippen LogP contribution in [0, 0.1) is 19.7 Å². The molecule has 4 aromatic rings. The number of rotatable bonds is 2. The van der Waals surface area contributed by atoms with Gasteiger partial charge in [-0.3, -0.25) is 4.79 Å². The lowest BCUT2D eigenvalue weighted by Crippen LogP contribution is -2.29. The quantitative estimate of drug-likeness (QED) is 0.500. The average molecular weight is 408 g/mol. The Morgan fingerprint density at radius 3 is 2.59 bits per heavy atom. The second kappa shape index (κ2) is 6.95. The maximum absolute atomic E-state index is 14.8. The van der Waals surface area contributed by atoms with Crippen LogP contribution in [0.5, 0.6) is 0 Å². The molecule has 6 heteroatoms. The molecule has 0 unspecified atom stereocenters. The van der Waals surface area contributed by atoms with E-state index in [4.69, 9.17) is 0 Å². The molecule has 0 N–H and O–H groups in total. The molecular weight excluding hydrogens is 385 g/mol. The molecule has 1 saturated heterocycles. The van der Waals surface area contributed by atoms with Gasteiger partial charge in [0.25, 0.3) is 5.56 Å². The van der Waals surface area contributed by atoms with E-state index in [1.165, 1.54) is 17.8 Å². The number of benzene rings is 2. The van der Waals surface area contributed by atoms with Crippen LogP contribution in [0.1, 0.15) is 36.0 Å². The minimum absolute atomic E-state index is 0.143. The Hall–Kier alpha value is -2.73.